The number of benzene rings is 2. The van der Waals surface area contributed by atoms with Gasteiger partial charge in [-0.25, -0.2) is 22.7 Å². The smallest absolute Gasteiger partial charge is 0.243 e. The van der Waals surface area contributed by atoms with Crippen LogP contribution in [0.15, 0.2) is 66.0 Å². The molecule has 31 heavy (non-hydrogen) atoms. The summed E-state index contributed by atoms with van der Waals surface area (Å²) in [5.41, 5.74) is 8.85. The van der Waals surface area contributed by atoms with E-state index in [9.17, 15) is 8.42 Å². The molecule has 2 aromatic carbocycles. The van der Waals surface area contributed by atoms with Crippen molar-refractivity contribution in [1.82, 2.24) is 19.3 Å². The number of nitrogens with zero attached hydrogens (tertiary/aromatic N) is 4. The van der Waals surface area contributed by atoms with Crippen molar-refractivity contribution in [2.75, 3.05) is 19.8 Å². The number of nitrogens with two attached hydrogens (primary N) is 1. The van der Waals surface area contributed by atoms with Crippen LogP contribution in [0.1, 0.15) is 22.6 Å². The maximum Gasteiger partial charge on any atom is 0.243 e. The largest absolute Gasteiger partial charge is 0.436 e. The molecule has 1 aliphatic heterocycles. The fourth-order valence-electron chi connectivity index (χ4n) is 3.93. The maximum absolute atomic E-state index is 13.2. The van der Waals surface area contributed by atoms with Gasteiger partial charge >= 0.3 is 0 Å². The van der Waals surface area contributed by atoms with E-state index in [1.165, 1.54) is 24.7 Å². The molecule has 9 heteroatoms. The molecule has 0 spiro atoms. The van der Waals surface area contributed by atoms with Gasteiger partial charge in [-0.3, -0.25) is 4.98 Å². The fourth-order valence-corrected chi connectivity index (χ4v) is 5.04. The highest BCUT2D eigenvalue weighted by Crippen LogP contribution is 2.51. The van der Waals surface area contributed by atoms with Gasteiger partial charge in [-0.2, -0.15) is 0 Å². The monoisotopic (exact) mass is 433 g/mol. The van der Waals surface area contributed by atoms with Crippen molar-refractivity contribution in [3.05, 3.63) is 77.7 Å². The van der Waals surface area contributed by atoms with Gasteiger partial charge in [0.25, 0.3) is 0 Å². The first-order valence-corrected chi connectivity index (χ1v) is 11.0. The van der Waals surface area contributed by atoms with Crippen molar-refractivity contribution in [3.8, 4) is 11.6 Å². The number of pyridine rings is 1. The van der Waals surface area contributed by atoms with Crippen LogP contribution in [0.2, 0.25) is 0 Å². The molecule has 0 bridgehead atoms. The molecule has 0 fully saturated rings. The summed E-state index contributed by atoms with van der Waals surface area (Å²) in [5, 5.41) is 0.479. The van der Waals surface area contributed by atoms with Crippen LogP contribution in [-0.2, 0) is 10.0 Å². The zero-order valence-electron chi connectivity index (χ0n) is 16.9. The number of aromatic nitrogens is 3. The third kappa shape index (κ3) is 2.93. The number of sulfonamides is 1. The van der Waals surface area contributed by atoms with Crippen molar-refractivity contribution >= 4 is 26.7 Å². The van der Waals surface area contributed by atoms with E-state index in [1.807, 2.05) is 30.3 Å². The number of anilines is 1. The van der Waals surface area contributed by atoms with E-state index in [4.69, 9.17) is 10.5 Å². The van der Waals surface area contributed by atoms with Crippen molar-refractivity contribution in [1.29, 1.82) is 0 Å². The molecule has 8 nitrogen and oxygen atoms in total. The summed E-state index contributed by atoms with van der Waals surface area (Å²) in [4.78, 5) is 13.1. The second kappa shape index (κ2) is 7.00. The highest BCUT2D eigenvalue weighted by atomic mass is 32.2. The number of hydrogen-bond donors (Lipinski definition) is 1. The van der Waals surface area contributed by atoms with Crippen LogP contribution < -0.4 is 10.5 Å². The number of ether oxygens (including phenoxy) is 1. The van der Waals surface area contributed by atoms with Gasteiger partial charge in [-0.05, 0) is 23.8 Å². The van der Waals surface area contributed by atoms with Gasteiger partial charge in [0.1, 0.15) is 17.7 Å². The standard InChI is InChI=1S/C22H19N5O3S/c1-27(2)31(28,29)16-11-15-17(13-7-4-3-5-8-13)18-21(23)25-12-26-22(18)30-20(15)19-14(16)9-6-10-24-19/h3-12,17H,1-2H3,(H2,23,25,26). The number of nitrogen functional groups attached to an aromatic ring is 1. The van der Waals surface area contributed by atoms with Gasteiger partial charge in [0, 0.05) is 37.2 Å². The zero-order valence-corrected chi connectivity index (χ0v) is 17.7. The van der Waals surface area contributed by atoms with Gasteiger partial charge in [0.05, 0.1) is 10.5 Å². The minimum absolute atomic E-state index is 0.155. The van der Waals surface area contributed by atoms with Crippen molar-refractivity contribution in [2.24, 2.45) is 0 Å². The molecule has 3 heterocycles. The average Bonchev–Trinajstić information content (AvgIpc) is 2.78. The van der Waals surface area contributed by atoms with E-state index in [2.05, 4.69) is 15.0 Å². The van der Waals surface area contributed by atoms with Gasteiger partial charge in [-0.15, -0.1) is 0 Å². The number of fused-ring (bicyclic) bond motifs is 4. The molecule has 4 aromatic rings. The summed E-state index contributed by atoms with van der Waals surface area (Å²) in [5.74, 6) is 0.670. The Morgan fingerprint density at radius 2 is 1.81 bits per heavy atom. The van der Waals surface area contributed by atoms with E-state index in [0.29, 0.717) is 33.7 Å². The van der Waals surface area contributed by atoms with Gasteiger partial charge < -0.3 is 10.5 Å². The van der Waals surface area contributed by atoms with E-state index >= 15 is 0 Å². The second-order valence-corrected chi connectivity index (χ2v) is 9.52. The lowest BCUT2D eigenvalue weighted by molar-refractivity contribution is 0.436. The van der Waals surface area contributed by atoms with Crippen LogP contribution >= 0.6 is 0 Å². The van der Waals surface area contributed by atoms with Crippen LogP contribution in [0.5, 0.6) is 11.6 Å². The Labute approximate surface area is 179 Å². The highest BCUT2D eigenvalue weighted by Gasteiger charge is 2.36. The number of rotatable bonds is 3. The quantitative estimate of drug-likeness (QED) is 0.465. The predicted molar refractivity (Wildman–Crippen MR) is 117 cm³/mol. The van der Waals surface area contributed by atoms with E-state index in [1.54, 1.807) is 24.4 Å². The predicted octanol–water partition coefficient (Wildman–Crippen LogP) is 3.14. The zero-order chi connectivity index (χ0) is 21.8. The molecule has 0 aliphatic carbocycles. The molecule has 1 unspecified atom stereocenters. The molecule has 0 radical (unpaired) electrons. The van der Waals surface area contributed by atoms with Crippen LogP contribution in [0.3, 0.4) is 0 Å². The lowest BCUT2D eigenvalue weighted by Crippen LogP contribution is -2.24. The SMILES string of the molecule is CN(C)S(=O)(=O)c1cc2c(c3ncccc13)Oc1ncnc(N)c1C2c1ccccc1. The Balaban J connectivity index is 1.92. The Bertz CT molecular complexity index is 1420. The van der Waals surface area contributed by atoms with Crippen LogP contribution in [0.4, 0.5) is 5.82 Å². The maximum atomic E-state index is 13.2. The van der Waals surface area contributed by atoms with Gasteiger partial charge in [-0.1, -0.05) is 30.3 Å². The van der Waals surface area contributed by atoms with Crippen LogP contribution in [-0.4, -0.2) is 41.8 Å². The minimum atomic E-state index is -3.75. The normalized spacial score (nSPS) is 15.4. The minimum Gasteiger partial charge on any atom is -0.436 e. The first kappa shape index (κ1) is 19.4. The van der Waals surface area contributed by atoms with Crippen molar-refractivity contribution < 1.29 is 13.2 Å². The molecule has 2 N–H and O–H groups in total. The van der Waals surface area contributed by atoms with E-state index < -0.39 is 15.9 Å². The topological polar surface area (TPSA) is 111 Å². The Morgan fingerprint density at radius 1 is 1.03 bits per heavy atom. The molecular formula is C22H19N5O3S. The highest BCUT2D eigenvalue weighted by molar-refractivity contribution is 7.89. The van der Waals surface area contributed by atoms with E-state index in [0.717, 1.165) is 5.56 Å². The molecule has 1 aliphatic rings. The van der Waals surface area contributed by atoms with Gasteiger partial charge in [0.2, 0.25) is 15.9 Å². The third-order valence-corrected chi connectivity index (χ3v) is 7.26. The summed E-state index contributed by atoms with van der Waals surface area (Å²) >= 11 is 0. The molecule has 0 saturated heterocycles. The molecular weight excluding hydrogens is 414 g/mol. The molecule has 5 rings (SSSR count). The van der Waals surface area contributed by atoms with Crippen molar-refractivity contribution in [2.45, 2.75) is 10.8 Å². The Kier molecular flexibility index (Phi) is 4.38. The molecule has 156 valence electrons. The van der Waals surface area contributed by atoms with Crippen LogP contribution in [0.25, 0.3) is 10.9 Å². The Hall–Kier alpha value is -3.56. The first-order chi connectivity index (χ1) is 14.9. The second-order valence-electron chi connectivity index (χ2n) is 7.40. The van der Waals surface area contributed by atoms with Crippen molar-refractivity contribution in [3.63, 3.8) is 0 Å². The van der Waals surface area contributed by atoms with E-state index in [-0.39, 0.29) is 10.7 Å². The lowest BCUT2D eigenvalue weighted by atomic mass is 9.83. The molecule has 2 aromatic heterocycles. The summed E-state index contributed by atoms with van der Waals surface area (Å²) in [7, 11) is -0.748. The summed E-state index contributed by atoms with van der Waals surface area (Å²) in [6.45, 7) is 0. The first-order valence-electron chi connectivity index (χ1n) is 9.57. The lowest BCUT2D eigenvalue weighted by Gasteiger charge is -2.29. The van der Waals surface area contributed by atoms with Crippen LogP contribution in [0, 0.1) is 0 Å². The fraction of sp³-hybridized carbons (Fsp3) is 0.136. The molecule has 0 saturated carbocycles. The molecule has 0 amide bonds. The Morgan fingerprint density at radius 3 is 2.55 bits per heavy atom. The summed E-state index contributed by atoms with van der Waals surface area (Å²) in [6.07, 6.45) is 2.96. The summed E-state index contributed by atoms with van der Waals surface area (Å²) < 4.78 is 33.7. The van der Waals surface area contributed by atoms with Gasteiger partial charge in [0.15, 0.2) is 5.75 Å². The number of hydrogen-bond acceptors (Lipinski definition) is 7. The molecule has 1 atom stereocenters. The average molecular weight is 433 g/mol. The summed E-state index contributed by atoms with van der Waals surface area (Å²) in [6, 6.07) is 14.7. The third-order valence-electron chi connectivity index (χ3n) is 5.41.